The number of phenolic OH excluding ortho intramolecular Hbond substituents is 1. The Hall–Kier alpha value is -3.09. The highest BCUT2D eigenvalue weighted by Crippen LogP contribution is 2.17. The molecule has 3 N–H and O–H groups in total. The second-order valence-corrected chi connectivity index (χ2v) is 6.44. The molecule has 2 aromatic rings. The zero-order valence-electron chi connectivity index (χ0n) is 14.9. The maximum Gasteiger partial charge on any atom is 0.408 e. The SMILES string of the molecule is Cc1cc(COC(=O)N[C@@](C)(Cc2ccc(O)cc2)C(=O)O)cc(C)n1. The number of carbonyl (C=O) groups is 2. The van der Waals surface area contributed by atoms with E-state index in [-0.39, 0.29) is 18.8 Å². The summed E-state index contributed by atoms with van der Waals surface area (Å²) in [6.07, 6.45) is -0.772. The molecular weight excluding hydrogens is 336 g/mol. The van der Waals surface area contributed by atoms with E-state index >= 15 is 0 Å². The van der Waals surface area contributed by atoms with Gasteiger partial charge in [0.25, 0.3) is 0 Å². The summed E-state index contributed by atoms with van der Waals surface area (Å²) in [6, 6.07) is 9.73. The van der Waals surface area contributed by atoms with E-state index in [4.69, 9.17) is 4.74 Å². The van der Waals surface area contributed by atoms with Crippen molar-refractivity contribution in [3.63, 3.8) is 0 Å². The fourth-order valence-corrected chi connectivity index (χ4v) is 2.61. The summed E-state index contributed by atoms with van der Waals surface area (Å²) < 4.78 is 5.16. The van der Waals surface area contributed by atoms with Gasteiger partial charge in [0.2, 0.25) is 0 Å². The molecule has 0 unspecified atom stereocenters. The molecule has 0 saturated heterocycles. The third-order valence-corrected chi connectivity index (χ3v) is 3.86. The van der Waals surface area contributed by atoms with Crippen molar-refractivity contribution >= 4 is 12.1 Å². The van der Waals surface area contributed by atoms with Crippen molar-refractivity contribution in [3.8, 4) is 5.75 Å². The number of rotatable bonds is 6. The van der Waals surface area contributed by atoms with E-state index in [2.05, 4.69) is 10.3 Å². The molecule has 1 atom stereocenters. The molecule has 0 aliphatic heterocycles. The number of phenols is 1. The lowest BCUT2D eigenvalue weighted by atomic mass is 9.93. The van der Waals surface area contributed by atoms with Crippen LogP contribution in [0.15, 0.2) is 36.4 Å². The first-order chi connectivity index (χ1) is 12.2. The molecule has 1 aromatic carbocycles. The van der Waals surface area contributed by atoms with Crippen molar-refractivity contribution in [1.82, 2.24) is 10.3 Å². The van der Waals surface area contributed by atoms with Gasteiger partial charge in [0, 0.05) is 17.8 Å². The number of nitrogens with zero attached hydrogens (tertiary/aromatic N) is 1. The van der Waals surface area contributed by atoms with Gasteiger partial charge in [-0.3, -0.25) is 4.98 Å². The minimum absolute atomic E-state index is 0.0188. The Morgan fingerprint density at radius 2 is 1.69 bits per heavy atom. The van der Waals surface area contributed by atoms with Gasteiger partial charge in [-0.25, -0.2) is 9.59 Å². The number of hydrogen-bond acceptors (Lipinski definition) is 5. The van der Waals surface area contributed by atoms with Crippen molar-refractivity contribution in [1.29, 1.82) is 0 Å². The molecule has 0 aliphatic carbocycles. The zero-order chi connectivity index (χ0) is 19.3. The summed E-state index contributed by atoms with van der Waals surface area (Å²) in [4.78, 5) is 28.0. The van der Waals surface area contributed by atoms with Gasteiger partial charge in [-0.15, -0.1) is 0 Å². The largest absolute Gasteiger partial charge is 0.508 e. The van der Waals surface area contributed by atoms with E-state index in [0.29, 0.717) is 5.56 Å². The Morgan fingerprint density at radius 3 is 2.23 bits per heavy atom. The van der Waals surface area contributed by atoms with Crippen LogP contribution in [-0.2, 0) is 22.6 Å². The van der Waals surface area contributed by atoms with Crippen molar-refractivity contribution in [3.05, 3.63) is 58.9 Å². The number of pyridine rings is 1. The van der Waals surface area contributed by atoms with Gasteiger partial charge in [-0.05, 0) is 56.2 Å². The highest BCUT2D eigenvalue weighted by atomic mass is 16.5. The number of benzene rings is 1. The van der Waals surface area contributed by atoms with E-state index in [1.54, 1.807) is 24.3 Å². The second-order valence-electron chi connectivity index (χ2n) is 6.44. The van der Waals surface area contributed by atoms with Gasteiger partial charge in [0.1, 0.15) is 17.9 Å². The first-order valence-electron chi connectivity index (χ1n) is 8.08. The van der Waals surface area contributed by atoms with E-state index in [9.17, 15) is 19.8 Å². The van der Waals surface area contributed by atoms with E-state index in [1.165, 1.54) is 19.1 Å². The van der Waals surface area contributed by atoms with Gasteiger partial charge in [0.15, 0.2) is 0 Å². The van der Waals surface area contributed by atoms with Gasteiger partial charge in [-0.2, -0.15) is 0 Å². The van der Waals surface area contributed by atoms with Crippen LogP contribution in [0.2, 0.25) is 0 Å². The number of amides is 1. The minimum atomic E-state index is -1.54. The molecule has 1 heterocycles. The quantitative estimate of drug-likeness (QED) is 0.733. The maximum absolute atomic E-state index is 12.1. The average Bonchev–Trinajstić information content (AvgIpc) is 2.54. The number of nitrogens with one attached hydrogen (secondary N) is 1. The number of aryl methyl sites for hydroxylation is 2. The fourth-order valence-electron chi connectivity index (χ4n) is 2.61. The van der Waals surface area contributed by atoms with Gasteiger partial charge >= 0.3 is 12.1 Å². The Bertz CT molecular complexity index is 784. The van der Waals surface area contributed by atoms with Crippen LogP contribution in [0.4, 0.5) is 4.79 Å². The smallest absolute Gasteiger partial charge is 0.408 e. The predicted octanol–water partition coefficient (Wildman–Crippen LogP) is 2.72. The van der Waals surface area contributed by atoms with E-state index in [0.717, 1.165) is 17.0 Å². The molecule has 0 fully saturated rings. The van der Waals surface area contributed by atoms with Crippen LogP contribution >= 0.6 is 0 Å². The molecule has 0 bridgehead atoms. The standard InChI is InChI=1S/C19H22N2O5/c1-12-8-15(9-13(2)20-12)11-26-18(25)21-19(3,17(23)24)10-14-4-6-16(22)7-5-14/h4-9,22H,10-11H2,1-3H3,(H,21,25)(H,23,24)/t19-/m0/s1. The Labute approximate surface area is 151 Å². The lowest BCUT2D eigenvalue weighted by molar-refractivity contribution is -0.143. The summed E-state index contributed by atoms with van der Waals surface area (Å²) in [7, 11) is 0. The van der Waals surface area contributed by atoms with E-state index < -0.39 is 17.6 Å². The number of carbonyl (C=O) groups excluding carboxylic acids is 1. The Balaban J connectivity index is 2.02. The minimum Gasteiger partial charge on any atom is -0.508 e. The molecular formula is C19H22N2O5. The molecule has 7 nitrogen and oxygen atoms in total. The van der Waals surface area contributed by atoms with Crippen LogP contribution in [0.5, 0.6) is 5.75 Å². The molecule has 26 heavy (non-hydrogen) atoms. The lowest BCUT2D eigenvalue weighted by Crippen LogP contribution is -2.53. The topological polar surface area (TPSA) is 109 Å². The van der Waals surface area contributed by atoms with Crippen LogP contribution in [0.25, 0.3) is 0 Å². The fraction of sp³-hybridized carbons (Fsp3) is 0.316. The summed E-state index contributed by atoms with van der Waals surface area (Å²) >= 11 is 0. The van der Waals surface area contributed by atoms with Gasteiger partial charge in [-0.1, -0.05) is 12.1 Å². The van der Waals surface area contributed by atoms with Crippen LogP contribution in [0.1, 0.15) is 29.4 Å². The molecule has 1 amide bonds. The zero-order valence-corrected chi connectivity index (χ0v) is 14.9. The van der Waals surface area contributed by atoms with Crippen molar-refractivity contribution < 1.29 is 24.5 Å². The first-order valence-corrected chi connectivity index (χ1v) is 8.08. The number of aromatic hydroxyl groups is 1. The highest BCUT2D eigenvalue weighted by Gasteiger charge is 2.35. The number of carboxylic acid groups (broad SMARTS) is 1. The van der Waals surface area contributed by atoms with Gasteiger partial charge in [0.05, 0.1) is 0 Å². The normalized spacial score (nSPS) is 12.9. The molecule has 7 heteroatoms. The lowest BCUT2D eigenvalue weighted by Gasteiger charge is -2.26. The van der Waals surface area contributed by atoms with Crippen LogP contribution in [0.3, 0.4) is 0 Å². The number of ether oxygens (including phenoxy) is 1. The second kappa shape index (κ2) is 7.86. The van der Waals surface area contributed by atoms with E-state index in [1.807, 2.05) is 13.8 Å². The summed E-state index contributed by atoms with van der Waals surface area (Å²) in [6.45, 7) is 5.11. The number of carboxylic acids is 1. The third kappa shape index (κ3) is 5.20. The summed E-state index contributed by atoms with van der Waals surface area (Å²) in [5, 5.41) is 21.3. The summed E-state index contributed by atoms with van der Waals surface area (Å²) in [5.41, 5.74) is 1.52. The molecule has 2 rings (SSSR count). The van der Waals surface area contributed by atoms with Crippen molar-refractivity contribution in [2.24, 2.45) is 0 Å². The third-order valence-electron chi connectivity index (χ3n) is 3.86. The van der Waals surface area contributed by atoms with Gasteiger partial charge < -0.3 is 20.3 Å². The molecule has 0 saturated carbocycles. The number of alkyl carbamates (subject to hydrolysis) is 1. The molecule has 0 spiro atoms. The first kappa shape index (κ1) is 19.2. The molecule has 0 radical (unpaired) electrons. The van der Waals surface area contributed by atoms with Crippen LogP contribution < -0.4 is 5.32 Å². The highest BCUT2D eigenvalue weighted by molar-refractivity contribution is 5.84. The van der Waals surface area contributed by atoms with Crippen molar-refractivity contribution in [2.45, 2.75) is 39.3 Å². The van der Waals surface area contributed by atoms with Crippen LogP contribution in [0, 0.1) is 13.8 Å². The van der Waals surface area contributed by atoms with Crippen molar-refractivity contribution in [2.75, 3.05) is 0 Å². The average molecular weight is 358 g/mol. The molecule has 138 valence electrons. The number of hydrogen-bond donors (Lipinski definition) is 3. The number of aliphatic carboxylic acids is 1. The molecule has 1 aromatic heterocycles. The Kier molecular flexibility index (Phi) is 5.82. The monoisotopic (exact) mass is 358 g/mol. The maximum atomic E-state index is 12.1. The molecule has 0 aliphatic rings. The Morgan fingerprint density at radius 1 is 1.12 bits per heavy atom. The van der Waals surface area contributed by atoms with Crippen LogP contribution in [-0.4, -0.2) is 32.8 Å². The predicted molar refractivity (Wildman–Crippen MR) is 94.9 cm³/mol. The number of aromatic nitrogens is 1. The summed E-state index contributed by atoms with van der Waals surface area (Å²) in [5.74, 6) is -1.10.